The Morgan fingerprint density at radius 3 is 2.67 bits per heavy atom. The number of rotatable bonds is 4. The number of ether oxygens (including phenoxy) is 1. The van der Waals surface area contributed by atoms with Crippen LogP contribution < -0.4 is 4.90 Å². The van der Waals surface area contributed by atoms with Crippen LogP contribution in [0.3, 0.4) is 0 Å². The molecular formula is C18H15Cl2NO3. The summed E-state index contributed by atoms with van der Waals surface area (Å²) in [5.41, 5.74) is 2.71. The van der Waals surface area contributed by atoms with E-state index in [9.17, 15) is 9.59 Å². The molecule has 2 aromatic carbocycles. The molecule has 0 radical (unpaired) electrons. The number of amides is 1. The zero-order chi connectivity index (χ0) is 17.1. The first kappa shape index (κ1) is 16.8. The van der Waals surface area contributed by atoms with Crippen LogP contribution in [0.2, 0.25) is 10.0 Å². The summed E-state index contributed by atoms with van der Waals surface area (Å²) in [4.78, 5) is 25.8. The van der Waals surface area contributed by atoms with E-state index < -0.39 is 5.97 Å². The molecule has 6 heteroatoms. The molecule has 1 aliphatic rings. The lowest BCUT2D eigenvalue weighted by Gasteiger charge is -2.17. The van der Waals surface area contributed by atoms with E-state index in [4.69, 9.17) is 27.9 Å². The lowest BCUT2D eigenvalue weighted by Crippen LogP contribution is -2.33. The van der Waals surface area contributed by atoms with Gasteiger partial charge >= 0.3 is 5.97 Å². The van der Waals surface area contributed by atoms with Gasteiger partial charge in [-0.1, -0.05) is 47.5 Å². The van der Waals surface area contributed by atoms with Gasteiger partial charge in [-0.3, -0.25) is 9.59 Å². The quantitative estimate of drug-likeness (QED) is 0.778. The minimum Gasteiger partial charge on any atom is -0.455 e. The van der Waals surface area contributed by atoms with Gasteiger partial charge < -0.3 is 9.64 Å². The van der Waals surface area contributed by atoms with Crippen LogP contribution in [0, 0.1) is 0 Å². The zero-order valence-corrected chi connectivity index (χ0v) is 14.3. The predicted octanol–water partition coefficient (Wildman–Crippen LogP) is 3.67. The van der Waals surface area contributed by atoms with E-state index in [1.165, 1.54) is 0 Å². The number of halogens is 2. The fourth-order valence-electron chi connectivity index (χ4n) is 2.68. The second-order valence-electron chi connectivity index (χ2n) is 5.51. The smallest absolute Gasteiger partial charge is 0.310 e. The van der Waals surface area contributed by atoms with E-state index in [0.717, 1.165) is 17.7 Å². The number of benzene rings is 2. The summed E-state index contributed by atoms with van der Waals surface area (Å²) < 4.78 is 5.10. The lowest BCUT2D eigenvalue weighted by atomic mass is 10.1. The van der Waals surface area contributed by atoms with Gasteiger partial charge in [-0.15, -0.1) is 0 Å². The molecule has 124 valence electrons. The van der Waals surface area contributed by atoms with Crippen molar-refractivity contribution in [1.82, 2.24) is 0 Å². The highest BCUT2D eigenvalue weighted by molar-refractivity contribution is 6.42. The summed E-state index contributed by atoms with van der Waals surface area (Å²) in [6, 6.07) is 12.7. The van der Waals surface area contributed by atoms with Crippen LogP contribution in [0.5, 0.6) is 0 Å². The summed E-state index contributed by atoms with van der Waals surface area (Å²) >= 11 is 11.7. The molecule has 24 heavy (non-hydrogen) atoms. The molecule has 0 aliphatic carbocycles. The third-order valence-electron chi connectivity index (χ3n) is 3.88. The number of hydrogen-bond donors (Lipinski definition) is 0. The number of hydrogen-bond acceptors (Lipinski definition) is 3. The highest BCUT2D eigenvalue weighted by atomic mass is 35.5. The minimum atomic E-state index is -0.478. The molecule has 0 spiro atoms. The molecule has 0 saturated carbocycles. The Bertz CT molecular complexity index is 792. The molecule has 0 fully saturated rings. The Kier molecular flexibility index (Phi) is 5.07. The first-order valence-corrected chi connectivity index (χ1v) is 8.28. The maximum atomic E-state index is 12.3. The number of carbonyl (C=O) groups excluding carboxylic acids is 2. The molecule has 0 N–H and O–H groups in total. The van der Waals surface area contributed by atoms with Gasteiger partial charge in [0.15, 0.2) is 6.61 Å². The Labute approximate surface area is 149 Å². The number of nitrogens with zero attached hydrogens (tertiary/aromatic N) is 1. The third kappa shape index (κ3) is 3.71. The van der Waals surface area contributed by atoms with E-state index in [2.05, 4.69) is 0 Å². The van der Waals surface area contributed by atoms with Gasteiger partial charge in [0.2, 0.25) is 0 Å². The molecule has 0 atom stereocenters. The van der Waals surface area contributed by atoms with Gasteiger partial charge in [0, 0.05) is 12.2 Å². The van der Waals surface area contributed by atoms with E-state index in [1.807, 2.05) is 24.3 Å². The van der Waals surface area contributed by atoms with Crippen molar-refractivity contribution in [3.05, 3.63) is 63.6 Å². The number of anilines is 1. The molecule has 1 aliphatic heterocycles. The molecule has 2 aromatic rings. The lowest BCUT2D eigenvalue weighted by molar-refractivity contribution is -0.147. The molecule has 0 saturated heterocycles. The van der Waals surface area contributed by atoms with Gasteiger partial charge in [-0.2, -0.15) is 0 Å². The van der Waals surface area contributed by atoms with E-state index in [1.54, 1.807) is 23.1 Å². The Balaban J connectivity index is 1.55. The van der Waals surface area contributed by atoms with Crippen molar-refractivity contribution in [1.29, 1.82) is 0 Å². The van der Waals surface area contributed by atoms with Crippen LogP contribution in [0.1, 0.15) is 11.1 Å². The maximum Gasteiger partial charge on any atom is 0.310 e. The molecule has 0 unspecified atom stereocenters. The SMILES string of the molecule is O=C(Cc1ccc(Cl)c(Cl)c1)OCC(=O)N1CCc2ccccc21. The van der Waals surface area contributed by atoms with Crippen molar-refractivity contribution in [2.45, 2.75) is 12.8 Å². The number of esters is 1. The Hall–Kier alpha value is -2.04. The van der Waals surface area contributed by atoms with Crippen LogP contribution in [-0.4, -0.2) is 25.0 Å². The molecule has 0 bridgehead atoms. The summed E-state index contributed by atoms with van der Waals surface area (Å²) in [5.74, 6) is -0.698. The molecule has 0 aromatic heterocycles. The van der Waals surface area contributed by atoms with Crippen molar-refractivity contribution in [3.8, 4) is 0 Å². The van der Waals surface area contributed by atoms with Gasteiger partial charge in [0.25, 0.3) is 5.91 Å². The van der Waals surface area contributed by atoms with E-state index >= 15 is 0 Å². The number of carbonyl (C=O) groups is 2. The standard InChI is InChI=1S/C18H15Cl2NO3/c19-14-6-5-12(9-15(14)20)10-18(23)24-11-17(22)21-8-7-13-3-1-2-4-16(13)21/h1-6,9H,7-8,10-11H2. The summed E-state index contributed by atoms with van der Waals surface area (Å²) in [6.45, 7) is 0.344. The van der Waals surface area contributed by atoms with Crippen LogP contribution in [-0.2, 0) is 27.2 Å². The molecule has 3 rings (SSSR count). The first-order chi connectivity index (χ1) is 11.5. The second kappa shape index (κ2) is 7.24. The first-order valence-electron chi connectivity index (χ1n) is 7.52. The molecular weight excluding hydrogens is 349 g/mol. The van der Waals surface area contributed by atoms with Crippen LogP contribution in [0.25, 0.3) is 0 Å². The molecule has 1 amide bonds. The second-order valence-corrected chi connectivity index (χ2v) is 6.32. The van der Waals surface area contributed by atoms with Crippen LogP contribution in [0.4, 0.5) is 5.69 Å². The molecule has 4 nitrogen and oxygen atoms in total. The van der Waals surface area contributed by atoms with Crippen molar-refractivity contribution >= 4 is 40.8 Å². The maximum absolute atomic E-state index is 12.3. The summed E-state index contributed by atoms with van der Waals surface area (Å²) in [6.07, 6.45) is 0.861. The summed E-state index contributed by atoms with van der Waals surface area (Å²) in [7, 11) is 0. The highest BCUT2D eigenvalue weighted by Crippen LogP contribution is 2.27. The minimum absolute atomic E-state index is 0.0424. The average Bonchev–Trinajstić information content (AvgIpc) is 3.00. The predicted molar refractivity (Wildman–Crippen MR) is 93.6 cm³/mol. The van der Waals surface area contributed by atoms with E-state index in [-0.39, 0.29) is 18.9 Å². The topological polar surface area (TPSA) is 46.6 Å². The van der Waals surface area contributed by atoms with Crippen LogP contribution in [0.15, 0.2) is 42.5 Å². The Morgan fingerprint density at radius 2 is 1.88 bits per heavy atom. The summed E-state index contributed by atoms with van der Waals surface area (Å²) in [5, 5.41) is 0.809. The van der Waals surface area contributed by atoms with Gasteiger partial charge in [-0.25, -0.2) is 0 Å². The van der Waals surface area contributed by atoms with Crippen molar-refractivity contribution < 1.29 is 14.3 Å². The van der Waals surface area contributed by atoms with Gasteiger partial charge in [0.05, 0.1) is 16.5 Å². The van der Waals surface area contributed by atoms with Crippen molar-refractivity contribution in [2.24, 2.45) is 0 Å². The largest absolute Gasteiger partial charge is 0.455 e. The zero-order valence-electron chi connectivity index (χ0n) is 12.8. The number of para-hydroxylation sites is 1. The normalized spacial score (nSPS) is 12.8. The fourth-order valence-corrected chi connectivity index (χ4v) is 3.01. The monoisotopic (exact) mass is 363 g/mol. The number of fused-ring (bicyclic) bond motifs is 1. The fraction of sp³-hybridized carbons (Fsp3) is 0.222. The van der Waals surface area contributed by atoms with Crippen LogP contribution >= 0.6 is 23.2 Å². The van der Waals surface area contributed by atoms with Crippen molar-refractivity contribution in [2.75, 3.05) is 18.1 Å². The van der Waals surface area contributed by atoms with E-state index in [0.29, 0.717) is 22.2 Å². The Morgan fingerprint density at radius 1 is 1.08 bits per heavy atom. The van der Waals surface area contributed by atoms with Gasteiger partial charge in [0.1, 0.15) is 0 Å². The third-order valence-corrected chi connectivity index (χ3v) is 4.62. The molecule has 1 heterocycles. The van der Waals surface area contributed by atoms with Crippen molar-refractivity contribution in [3.63, 3.8) is 0 Å². The van der Waals surface area contributed by atoms with Gasteiger partial charge in [-0.05, 0) is 35.7 Å². The average molecular weight is 364 g/mol. The highest BCUT2D eigenvalue weighted by Gasteiger charge is 2.24.